The minimum atomic E-state index is -0.500. The molecule has 63 valence electrons. The molecule has 0 aromatic heterocycles. The fourth-order valence-corrected chi connectivity index (χ4v) is 0. The van der Waals surface area contributed by atoms with Crippen LogP contribution in [-0.2, 0) is 14.4 Å². The number of carboxylic acid groups (broad SMARTS) is 3. The first-order chi connectivity index (χ1) is 4.24. The third kappa shape index (κ3) is 2880. The van der Waals surface area contributed by atoms with E-state index in [1.165, 1.54) is 0 Å². The van der Waals surface area contributed by atoms with Crippen LogP contribution < -0.4 is 15.3 Å². The van der Waals surface area contributed by atoms with Gasteiger partial charge in [0.15, 0.2) is 0 Å². The van der Waals surface area contributed by atoms with Gasteiger partial charge >= 0.3 is 37.3 Å². The van der Waals surface area contributed by atoms with Gasteiger partial charge in [-0.1, -0.05) is 0 Å². The molecule has 10 heavy (non-hydrogen) atoms. The Labute approximate surface area is 86.1 Å². The molecule has 0 aromatic rings. The number of hydrogen-bond donors (Lipinski definition) is 0. The molecule has 0 heterocycles. The van der Waals surface area contributed by atoms with E-state index in [0.717, 1.165) is 0 Å². The quantitative estimate of drug-likeness (QED) is 0.414. The first-order valence-corrected chi connectivity index (χ1v) is 1.41. The van der Waals surface area contributed by atoms with Gasteiger partial charge in [0.1, 0.15) is 0 Å². The maximum Gasteiger partial charge on any atom is 3.00 e. The summed E-state index contributed by atoms with van der Waals surface area (Å²) in [5.41, 5.74) is 0. The predicted octanol–water partition coefficient (Wildman–Crippen LogP) is -4.90. The molecule has 0 fully saturated rings. The van der Waals surface area contributed by atoms with Crippen LogP contribution in [0.2, 0.25) is 0 Å². The zero-order valence-electron chi connectivity index (χ0n) is 4.47. The molecule has 0 aliphatic heterocycles. The second-order valence-corrected chi connectivity index (χ2v) is 0.289. The van der Waals surface area contributed by atoms with E-state index in [9.17, 15) is 0 Å². The average Bonchev–Trinajstić information content (AvgIpc) is 1.70. The smallest absolute Gasteiger partial charge is 0.554 e. The van der Waals surface area contributed by atoms with Gasteiger partial charge in [-0.3, -0.25) is 0 Å². The van der Waals surface area contributed by atoms with Gasteiger partial charge < -0.3 is 29.7 Å². The molecular formula is C3H3ErO6. The zero-order chi connectivity index (χ0) is 8.12. The van der Waals surface area contributed by atoms with Gasteiger partial charge in [0.25, 0.3) is 0 Å². The van der Waals surface area contributed by atoms with E-state index in [2.05, 4.69) is 0 Å². The van der Waals surface area contributed by atoms with E-state index >= 15 is 0 Å². The maximum atomic E-state index is 8.25. The molecule has 0 saturated carbocycles. The van der Waals surface area contributed by atoms with Gasteiger partial charge in [-0.25, -0.2) is 0 Å². The number of rotatable bonds is 0. The molecule has 0 atom stereocenters. The van der Waals surface area contributed by atoms with Crippen molar-refractivity contribution in [2.45, 2.75) is 0 Å². The third-order valence-corrected chi connectivity index (χ3v) is 0. The van der Waals surface area contributed by atoms with Crippen molar-refractivity contribution in [1.82, 2.24) is 0 Å². The maximum absolute atomic E-state index is 8.25. The molecule has 0 aliphatic carbocycles. The summed E-state index contributed by atoms with van der Waals surface area (Å²) in [5.74, 6) is 0. The van der Waals surface area contributed by atoms with Gasteiger partial charge in [-0.05, 0) is 0 Å². The van der Waals surface area contributed by atoms with Gasteiger partial charge in [0.2, 0.25) is 0 Å². The van der Waals surface area contributed by atoms with E-state index in [-0.39, 0.29) is 37.3 Å². The molecule has 0 aliphatic rings. The zero-order valence-corrected chi connectivity index (χ0v) is 6.32. The van der Waals surface area contributed by atoms with Crippen molar-refractivity contribution >= 4 is 19.4 Å². The number of hydrogen-bond acceptors (Lipinski definition) is 6. The van der Waals surface area contributed by atoms with E-state index in [4.69, 9.17) is 29.7 Å². The minimum absolute atomic E-state index is 0. The summed E-state index contributed by atoms with van der Waals surface area (Å²) in [6.45, 7) is -1.50. The molecule has 0 saturated heterocycles. The Bertz CT molecular complexity index is 49.7. The third-order valence-electron chi connectivity index (χ3n) is 0. The van der Waals surface area contributed by atoms with Crippen molar-refractivity contribution in [3.63, 3.8) is 0 Å². The molecular weight excluding hydrogens is 299 g/mol. The second kappa shape index (κ2) is 71.9. The van der Waals surface area contributed by atoms with Crippen LogP contribution in [0.3, 0.4) is 0 Å². The predicted molar refractivity (Wildman–Crippen MR) is 18.2 cm³/mol. The minimum Gasteiger partial charge on any atom is -0.554 e. The first-order valence-electron chi connectivity index (χ1n) is 1.41. The van der Waals surface area contributed by atoms with Crippen molar-refractivity contribution in [2.24, 2.45) is 0 Å². The summed E-state index contributed by atoms with van der Waals surface area (Å²) in [7, 11) is 0. The monoisotopic (exact) mass is 301 g/mol. The van der Waals surface area contributed by atoms with Gasteiger partial charge in [-0.15, -0.1) is 0 Å². The summed E-state index contributed by atoms with van der Waals surface area (Å²) < 4.78 is 0. The van der Waals surface area contributed by atoms with Crippen molar-refractivity contribution in [3.8, 4) is 0 Å². The molecule has 0 bridgehead atoms. The van der Waals surface area contributed by atoms with Crippen molar-refractivity contribution < 1.29 is 67.0 Å². The molecule has 0 aromatic carbocycles. The summed E-state index contributed by atoms with van der Waals surface area (Å²) in [5, 5.41) is 24.8. The van der Waals surface area contributed by atoms with Crippen LogP contribution >= 0.6 is 0 Å². The summed E-state index contributed by atoms with van der Waals surface area (Å²) in [4.78, 5) is 24.8. The van der Waals surface area contributed by atoms with Gasteiger partial charge in [0, 0.05) is 19.4 Å². The molecule has 0 amide bonds. The van der Waals surface area contributed by atoms with Crippen LogP contribution in [0, 0.1) is 37.3 Å². The van der Waals surface area contributed by atoms with E-state index < -0.39 is 19.4 Å². The van der Waals surface area contributed by atoms with Crippen molar-refractivity contribution in [3.05, 3.63) is 0 Å². The molecule has 1 radical (unpaired) electrons. The van der Waals surface area contributed by atoms with E-state index in [1.807, 2.05) is 0 Å². The van der Waals surface area contributed by atoms with E-state index in [0.29, 0.717) is 0 Å². The summed E-state index contributed by atoms with van der Waals surface area (Å²) in [6.07, 6.45) is 0. The molecule has 0 spiro atoms. The van der Waals surface area contributed by atoms with Crippen LogP contribution in [0.4, 0.5) is 0 Å². The number of carbonyl (C=O) groups is 3. The van der Waals surface area contributed by atoms with Gasteiger partial charge in [0.05, 0.1) is 0 Å². The molecule has 6 nitrogen and oxygen atoms in total. The summed E-state index contributed by atoms with van der Waals surface area (Å²) >= 11 is 0. The topological polar surface area (TPSA) is 120 Å². The largest absolute Gasteiger partial charge is 3.00 e. The van der Waals surface area contributed by atoms with Crippen molar-refractivity contribution in [1.29, 1.82) is 0 Å². The molecule has 0 unspecified atom stereocenters. The van der Waals surface area contributed by atoms with Crippen LogP contribution in [0.25, 0.3) is 0 Å². The molecule has 7 heteroatoms. The Morgan fingerprint density at radius 1 is 0.700 bits per heavy atom. The standard InChI is InChI=1S/3CH2O2.Er/c3*2-1-3;/h3*1H,(H,2,3);/q;;;+3/p-3. The fraction of sp³-hybridized carbons (Fsp3) is 0. The molecule has 0 rings (SSSR count). The van der Waals surface area contributed by atoms with Crippen LogP contribution in [0.1, 0.15) is 0 Å². The van der Waals surface area contributed by atoms with E-state index in [1.54, 1.807) is 0 Å². The fourth-order valence-electron chi connectivity index (χ4n) is 0. The Kier molecular flexibility index (Phi) is 163. The normalized spacial score (nSPS) is 3.60. The van der Waals surface area contributed by atoms with Crippen LogP contribution in [0.15, 0.2) is 0 Å². The SMILES string of the molecule is O=C[O-].O=C[O-].O=C[O-].[Er+3]. The number of carbonyl (C=O) groups excluding carboxylic acids is 3. The van der Waals surface area contributed by atoms with Gasteiger partial charge in [-0.2, -0.15) is 0 Å². The Hall–Kier alpha value is -0.343. The molecule has 0 N–H and O–H groups in total. The second-order valence-electron chi connectivity index (χ2n) is 0.289. The van der Waals surface area contributed by atoms with Crippen LogP contribution in [-0.4, -0.2) is 19.4 Å². The Morgan fingerprint density at radius 3 is 0.700 bits per heavy atom. The van der Waals surface area contributed by atoms with Crippen LogP contribution in [0.5, 0.6) is 0 Å². The van der Waals surface area contributed by atoms with Crippen molar-refractivity contribution in [2.75, 3.05) is 0 Å². The average molecular weight is 302 g/mol. The first kappa shape index (κ1) is 22.6. The Morgan fingerprint density at radius 2 is 0.700 bits per heavy atom. The Balaban J connectivity index is -0.0000000257. The summed E-state index contributed by atoms with van der Waals surface area (Å²) in [6, 6.07) is 0.